The molecule has 0 unspecified atom stereocenters. The van der Waals surface area contributed by atoms with Crippen LogP contribution in [0, 0.1) is 5.92 Å². The predicted octanol–water partition coefficient (Wildman–Crippen LogP) is 1.39. The Kier molecular flexibility index (Phi) is 4.61. The summed E-state index contributed by atoms with van der Waals surface area (Å²) in [6.45, 7) is 4.17. The van der Waals surface area contributed by atoms with Crippen LogP contribution in [0.5, 0.6) is 0 Å². The van der Waals surface area contributed by atoms with Gasteiger partial charge in [-0.25, -0.2) is 0 Å². The Labute approximate surface area is 124 Å². The van der Waals surface area contributed by atoms with Gasteiger partial charge in [0.1, 0.15) is 0 Å². The van der Waals surface area contributed by atoms with Gasteiger partial charge < -0.3 is 15.1 Å². The van der Waals surface area contributed by atoms with Crippen LogP contribution in [0.25, 0.3) is 0 Å². The summed E-state index contributed by atoms with van der Waals surface area (Å²) in [6, 6.07) is 2.43. The number of hydrogen-bond acceptors (Lipinski definition) is 5. The van der Waals surface area contributed by atoms with E-state index in [0.29, 0.717) is 5.92 Å². The molecule has 0 amide bonds. The zero-order valence-electron chi connectivity index (χ0n) is 11.8. The number of likely N-dealkylation sites (tertiary alicyclic amines) is 1. The lowest BCUT2D eigenvalue weighted by Crippen LogP contribution is -2.49. The highest BCUT2D eigenvalue weighted by Crippen LogP contribution is 2.27. The molecule has 3 rings (SSSR count). The summed E-state index contributed by atoms with van der Waals surface area (Å²) < 4.78 is 0. The zero-order chi connectivity index (χ0) is 13.9. The van der Waals surface area contributed by atoms with Crippen molar-refractivity contribution >= 4 is 17.0 Å². The number of aliphatic hydroxyl groups excluding tert-OH is 2. The molecule has 0 aliphatic carbocycles. The monoisotopic (exact) mass is 296 g/mol. The molecule has 0 aromatic carbocycles. The summed E-state index contributed by atoms with van der Waals surface area (Å²) >= 11 is 1.75. The van der Waals surface area contributed by atoms with Crippen molar-refractivity contribution in [3.8, 4) is 0 Å². The normalized spacial score (nSPS) is 31.9. The van der Waals surface area contributed by atoms with E-state index >= 15 is 0 Å². The highest BCUT2D eigenvalue weighted by molar-refractivity contribution is 7.08. The first-order chi connectivity index (χ1) is 9.76. The minimum absolute atomic E-state index is 0.216. The average molecular weight is 296 g/mol. The van der Waals surface area contributed by atoms with E-state index in [4.69, 9.17) is 0 Å². The van der Waals surface area contributed by atoms with Crippen LogP contribution in [-0.2, 0) is 0 Å². The molecule has 2 N–H and O–H groups in total. The highest BCUT2D eigenvalue weighted by Gasteiger charge is 2.31. The topological polar surface area (TPSA) is 46.9 Å². The van der Waals surface area contributed by atoms with Crippen molar-refractivity contribution in [3.63, 3.8) is 0 Å². The van der Waals surface area contributed by atoms with Crippen LogP contribution in [0.2, 0.25) is 0 Å². The Morgan fingerprint density at radius 3 is 2.90 bits per heavy atom. The van der Waals surface area contributed by atoms with Crippen molar-refractivity contribution in [2.75, 3.05) is 37.7 Å². The average Bonchev–Trinajstić information content (AvgIpc) is 3.09. The third-order valence-electron chi connectivity index (χ3n) is 4.66. The van der Waals surface area contributed by atoms with Crippen LogP contribution >= 0.6 is 11.3 Å². The smallest absolute Gasteiger partial charge is 0.0667 e. The summed E-state index contributed by atoms with van der Waals surface area (Å²) in [5.74, 6) is 0.647. The first-order valence-electron chi connectivity index (χ1n) is 7.56. The van der Waals surface area contributed by atoms with Gasteiger partial charge in [-0.15, -0.1) is 0 Å². The van der Waals surface area contributed by atoms with E-state index < -0.39 is 0 Å². The summed E-state index contributed by atoms with van der Waals surface area (Å²) in [5.41, 5.74) is 1.34. The summed E-state index contributed by atoms with van der Waals surface area (Å²) in [4.78, 5) is 4.76. The lowest BCUT2D eigenvalue weighted by Gasteiger charge is -2.38. The van der Waals surface area contributed by atoms with Crippen LogP contribution in [0.15, 0.2) is 16.8 Å². The van der Waals surface area contributed by atoms with Crippen LogP contribution in [0.3, 0.4) is 0 Å². The Balaban J connectivity index is 1.55. The molecule has 3 atom stereocenters. The number of hydrogen-bond donors (Lipinski definition) is 2. The van der Waals surface area contributed by atoms with Crippen LogP contribution in [0.4, 0.5) is 5.69 Å². The van der Waals surface area contributed by atoms with Gasteiger partial charge in [0.25, 0.3) is 0 Å². The van der Waals surface area contributed by atoms with Gasteiger partial charge in [0.15, 0.2) is 0 Å². The number of aliphatic hydroxyl groups is 2. The molecule has 0 bridgehead atoms. The number of rotatable bonds is 4. The van der Waals surface area contributed by atoms with Crippen LogP contribution in [-0.4, -0.2) is 60.0 Å². The maximum Gasteiger partial charge on any atom is 0.0667 e. The quantitative estimate of drug-likeness (QED) is 0.881. The van der Waals surface area contributed by atoms with E-state index in [9.17, 15) is 10.2 Å². The fourth-order valence-corrected chi connectivity index (χ4v) is 4.16. The first-order valence-corrected chi connectivity index (χ1v) is 8.50. The SMILES string of the molecule is OC[C@H]1CC[C@@H](O)CN1C[C@H]1CCN(c2ccsc2)C1. The number of thiophene rings is 1. The minimum Gasteiger partial charge on any atom is -0.395 e. The largest absolute Gasteiger partial charge is 0.395 e. The van der Waals surface area contributed by atoms with Gasteiger partial charge in [0.2, 0.25) is 0 Å². The Hall–Kier alpha value is -0.620. The van der Waals surface area contributed by atoms with Crippen molar-refractivity contribution < 1.29 is 10.2 Å². The lowest BCUT2D eigenvalue weighted by atomic mass is 9.98. The molecule has 0 saturated carbocycles. The van der Waals surface area contributed by atoms with Gasteiger partial charge in [0.05, 0.1) is 12.7 Å². The van der Waals surface area contributed by atoms with Crippen LogP contribution < -0.4 is 4.90 Å². The molecule has 2 saturated heterocycles. The lowest BCUT2D eigenvalue weighted by molar-refractivity contribution is 0.00726. The molecule has 5 heteroatoms. The molecule has 4 nitrogen and oxygen atoms in total. The first kappa shape index (κ1) is 14.3. The Bertz CT molecular complexity index is 412. The van der Waals surface area contributed by atoms with Crippen molar-refractivity contribution in [2.45, 2.75) is 31.4 Å². The molecule has 2 aliphatic heterocycles. The molecule has 20 heavy (non-hydrogen) atoms. The van der Waals surface area contributed by atoms with E-state index in [1.807, 2.05) is 0 Å². The maximum atomic E-state index is 9.84. The maximum absolute atomic E-state index is 9.84. The number of nitrogens with zero attached hydrogens (tertiary/aromatic N) is 2. The molecule has 3 heterocycles. The summed E-state index contributed by atoms with van der Waals surface area (Å²) in [6.07, 6.45) is 2.74. The van der Waals surface area contributed by atoms with E-state index in [-0.39, 0.29) is 18.8 Å². The highest BCUT2D eigenvalue weighted by atomic mass is 32.1. The second kappa shape index (κ2) is 6.43. The molecule has 2 fully saturated rings. The Morgan fingerprint density at radius 2 is 2.15 bits per heavy atom. The van der Waals surface area contributed by atoms with Crippen LogP contribution in [0.1, 0.15) is 19.3 Å². The fraction of sp³-hybridized carbons (Fsp3) is 0.733. The van der Waals surface area contributed by atoms with Crippen molar-refractivity contribution in [3.05, 3.63) is 16.8 Å². The molecule has 0 radical (unpaired) electrons. The van der Waals surface area contributed by atoms with Gasteiger partial charge in [-0.2, -0.15) is 11.3 Å². The van der Waals surface area contributed by atoms with Crippen molar-refractivity contribution in [1.82, 2.24) is 4.90 Å². The van der Waals surface area contributed by atoms with Crippen molar-refractivity contribution in [1.29, 1.82) is 0 Å². The Morgan fingerprint density at radius 1 is 1.25 bits per heavy atom. The number of piperidine rings is 1. The molecule has 1 aromatic rings. The molecule has 1 aromatic heterocycles. The second-order valence-corrected chi connectivity index (χ2v) is 6.88. The second-order valence-electron chi connectivity index (χ2n) is 6.10. The molecule has 112 valence electrons. The fourth-order valence-electron chi connectivity index (χ4n) is 3.49. The van der Waals surface area contributed by atoms with Gasteiger partial charge in [-0.3, -0.25) is 4.90 Å². The van der Waals surface area contributed by atoms with Gasteiger partial charge in [-0.05, 0) is 36.6 Å². The van der Waals surface area contributed by atoms with E-state index in [2.05, 4.69) is 26.6 Å². The van der Waals surface area contributed by atoms with Crippen molar-refractivity contribution in [2.24, 2.45) is 5.92 Å². The molecular weight excluding hydrogens is 272 g/mol. The van der Waals surface area contributed by atoms with E-state index in [1.54, 1.807) is 11.3 Å². The standard InChI is InChI=1S/C15H24N2O2S/c18-10-13-1-2-15(19)9-17(13)8-12-3-5-16(7-12)14-4-6-20-11-14/h4,6,11-13,15,18-19H,1-3,5,7-10H2/t12-,13+,15+/m0/s1. The third kappa shape index (κ3) is 3.17. The molecule has 2 aliphatic rings. The minimum atomic E-state index is -0.216. The molecule has 0 spiro atoms. The number of β-amino-alcohol motifs (C(OH)–C–C–N with tert-alkyl or cyclic N) is 1. The third-order valence-corrected chi connectivity index (χ3v) is 5.33. The van der Waals surface area contributed by atoms with E-state index in [1.165, 1.54) is 12.1 Å². The van der Waals surface area contributed by atoms with Gasteiger partial charge in [0, 0.05) is 43.3 Å². The number of anilines is 1. The molecular formula is C15H24N2O2S. The van der Waals surface area contributed by atoms with E-state index in [0.717, 1.165) is 39.0 Å². The predicted molar refractivity (Wildman–Crippen MR) is 82.3 cm³/mol. The summed E-state index contributed by atoms with van der Waals surface area (Å²) in [5, 5.41) is 23.7. The zero-order valence-corrected chi connectivity index (χ0v) is 12.6. The van der Waals surface area contributed by atoms with Gasteiger partial charge >= 0.3 is 0 Å². The summed E-state index contributed by atoms with van der Waals surface area (Å²) in [7, 11) is 0. The van der Waals surface area contributed by atoms with Gasteiger partial charge in [-0.1, -0.05) is 0 Å².